The predicted octanol–water partition coefficient (Wildman–Crippen LogP) is 0.823. The molecule has 0 aromatic carbocycles. The van der Waals surface area contributed by atoms with E-state index in [1.54, 1.807) is 0 Å². The Morgan fingerprint density at radius 2 is 2.33 bits per heavy atom. The molecule has 0 aromatic rings. The lowest BCUT2D eigenvalue weighted by molar-refractivity contribution is 0.241. The third-order valence-corrected chi connectivity index (χ3v) is 1.91. The summed E-state index contributed by atoms with van der Waals surface area (Å²) in [5.74, 6) is 0. The van der Waals surface area contributed by atoms with Crippen LogP contribution in [0.4, 0.5) is 0 Å². The summed E-state index contributed by atoms with van der Waals surface area (Å²) >= 11 is 0. The molecule has 54 valence electrons. The third-order valence-electron chi connectivity index (χ3n) is 1.91. The molecular formula is C7H16N2. The van der Waals surface area contributed by atoms with Crippen molar-refractivity contribution in [2.24, 2.45) is 5.73 Å². The second-order valence-electron chi connectivity index (χ2n) is 3.36. The van der Waals surface area contributed by atoms with Gasteiger partial charge in [-0.15, -0.1) is 0 Å². The normalized spacial score (nSPS) is 45.0. The van der Waals surface area contributed by atoms with Crippen molar-refractivity contribution in [3.8, 4) is 0 Å². The summed E-state index contributed by atoms with van der Waals surface area (Å²) in [6.07, 6.45) is 3.64. The van der Waals surface area contributed by atoms with Crippen LogP contribution < -0.4 is 11.1 Å². The van der Waals surface area contributed by atoms with Crippen LogP contribution in [-0.4, -0.2) is 11.7 Å². The van der Waals surface area contributed by atoms with Crippen molar-refractivity contribution >= 4 is 0 Å². The molecule has 1 aliphatic heterocycles. The van der Waals surface area contributed by atoms with Crippen LogP contribution in [0.15, 0.2) is 0 Å². The highest BCUT2D eigenvalue weighted by Crippen LogP contribution is 2.16. The zero-order chi connectivity index (χ0) is 6.91. The molecule has 0 spiro atoms. The summed E-state index contributed by atoms with van der Waals surface area (Å²) in [7, 11) is 0. The van der Waals surface area contributed by atoms with Gasteiger partial charge in [0.25, 0.3) is 0 Å². The van der Waals surface area contributed by atoms with E-state index >= 15 is 0 Å². The quantitative estimate of drug-likeness (QED) is 0.507. The lowest BCUT2D eigenvalue weighted by Crippen LogP contribution is -2.56. The Balaban J connectivity index is 2.41. The lowest BCUT2D eigenvalue weighted by atomic mass is 9.96. The standard InChI is InChI=1S/C7H16N2/c1-6-4-3-5-7(2,8)9-6/h6,9H,3-5,8H2,1-2H3. The van der Waals surface area contributed by atoms with Gasteiger partial charge in [0.15, 0.2) is 0 Å². The number of nitrogens with two attached hydrogens (primary N) is 1. The average Bonchev–Trinajstić information content (AvgIpc) is 1.60. The average molecular weight is 128 g/mol. The smallest absolute Gasteiger partial charge is 0.0634 e. The Labute approximate surface area is 56.8 Å². The molecule has 1 heterocycles. The summed E-state index contributed by atoms with van der Waals surface area (Å²) in [5.41, 5.74) is 5.76. The fourth-order valence-electron chi connectivity index (χ4n) is 1.48. The first-order valence-electron chi connectivity index (χ1n) is 3.67. The molecule has 0 aliphatic carbocycles. The van der Waals surface area contributed by atoms with Crippen LogP contribution in [0.5, 0.6) is 0 Å². The van der Waals surface area contributed by atoms with Crippen molar-refractivity contribution in [2.45, 2.75) is 44.8 Å². The maximum Gasteiger partial charge on any atom is 0.0634 e. The SMILES string of the molecule is CC1CCCC(C)(N)N1. The second kappa shape index (κ2) is 2.27. The fourth-order valence-corrected chi connectivity index (χ4v) is 1.48. The van der Waals surface area contributed by atoms with E-state index in [-0.39, 0.29) is 5.66 Å². The van der Waals surface area contributed by atoms with Crippen molar-refractivity contribution in [3.05, 3.63) is 0 Å². The van der Waals surface area contributed by atoms with Crippen molar-refractivity contribution in [2.75, 3.05) is 0 Å². The Kier molecular flexibility index (Phi) is 1.78. The van der Waals surface area contributed by atoms with E-state index in [0.29, 0.717) is 6.04 Å². The number of nitrogens with one attached hydrogen (secondary N) is 1. The molecule has 9 heavy (non-hydrogen) atoms. The molecule has 2 heteroatoms. The van der Waals surface area contributed by atoms with Crippen LogP contribution in [0.1, 0.15) is 33.1 Å². The monoisotopic (exact) mass is 128 g/mol. The van der Waals surface area contributed by atoms with E-state index < -0.39 is 0 Å². The van der Waals surface area contributed by atoms with Gasteiger partial charge in [-0.05, 0) is 33.1 Å². The first-order valence-corrected chi connectivity index (χ1v) is 3.67. The molecule has 0 bridgehead atoms. The minimum Gasteiger partial charge on any atom is -0.314 e. The van der Waals surface area contributed by atoms with Crippen molar-refractivity contribution in [1.29, 1.82) is 0 Å². The predicted molar refractivity (Wildman–Crippen MR) is 39.0 cm³/mol. The van der Waals surface area contributed by atoms with Gasteiger partial charge < -0.3 is 5.73 Å². The molecule has 0 amide bonds. The van der Waals surface area contributed by atoms with E-state index in [1.165, 1.54) is 12.8 Å². The summed E-state index contributed by atoms with van der Waals surface area (Å²) in [4.78, 5) is 0. The lowest BCUT2D eigenvalue weighted by Gasteiger charge is -2.35. The van der Waals surface area contributed by atoms with Gasteiger partial charge in [-0.25, -0.2) is 0 Å². The topological polar surface area (TPSA) is 38.0 Å². The Bertz CT molecular complexity index is 99.1. The van der Waals surface area contributed by atoms with Crippen LogP contribution in [0.2, 0.25) is 0 Å². The maximum absolute atomic E-state index is 5.86. The highest BCUT2D eigenvalue weighted by Gasteiger charge is 2.24. The Morgan fingerprint density at radius 1 is 1.67 bits per heavy atom. The number of piperidine rings is 1. The zero-order valence-electron chi connectivity index (χ0n) is 6.28. The Morgan fingerprint density at radius 3 is 2.67 bits per heavy atom. The van der Waals surface area contributed by atoms with Crippen molar-refractivity contribution in [3.63, 3.8) is 0 Å². The van der Waals surface area contributed by atoms with Crippen molar-refractivity contribution in [1.82, 2.24) is 5.32 Å². The van der Waals surface area contributed by atoms with E-state index in [1.807, 2.05) is 0 Å². The van der Waals surface area contributed by atoms with Crippen LogP contribution in [0.3, 0.4) is 0 Å². The maximum atomic E-state index is 5.86. The summed E-state index contributed by atoms with van der Waals surface area (Å²) in [6.45, 7) is 4.24. The molecule has 2 unspecified atom stereocenters. The van der Waals surface area contributed by atoms with E-state index in [4.69, 9.17) is 5.73 Å². The third kappa shape index (κ3) is 1.95. The summed E-state index contributed by atoms with van der Waals surface area (Å²) < 4.78 is 0. The van der Waals surface area contributed by atoms with Crippen LogP contribution >= 0.6 is 0 Å². The molecule has 1 rings (SSSR count). The molecular weight excluding hydrogens is 112 g/mol. The highest BCUT2D eigenvalue weighted by atomic mass is 15.1. The molecule has 3 N–H and O–H groups in total. The Hall–Kier alpha value is -0.0800. The minimum atomic E-state index is -0.0995. The van der Waals surface area contributed by atoms with Gasteiger partial charge >= 0.3 is 0 Å². The molecule has 1 saturated heterocycles. The molecule has 1 aliphatic rings. The van der Waals surface area contributed by atoms with Gasteiger partial charge in [0, 0.05) is 6.04 Å². The van der Waals surface area contributed by atoms with E-state index in [9.17, 15) is 0 Å². The molecule has 1 fully saturated rings. The van der Waals surface area contributed by atoms with Crippen LogP contribution in [-0.2, 0) is 0 Å². The summed E-state index contributed by atoms with van der Waals surface area (Å²) in [5, 5.41) is 3.33. The molecule has 0 saturated carbocycles. The van der Waals surface area contributed by atoms with Crippen LogP contribution in [0.25, 0.3) is 0 Å². The second-order valence-corrected chi connectivity index (χ2v) is 3.36. The first-order chi connectivity index (χ1) is 4.10. The summed E-state index contributed by atoms with van der Waals surface area (Å²) in [6, 6.07) is 0.605. The van der Waals surface area contributed by atoms with Gasteiger partial charge in [-0.3, -0.25) is 5.32 Å². The first kappa shape index (κ1) is 7.03. The highest BCUT2D eigenvalue weighted by molar-refractivity contribution is 4.83. The number of hydrogen-bond donors (Lipinski definition) is 2. The van der Waals surface area contributed by atoms with Gasteiger partial charge in [0.05, 0.1) is 5.66 Å². The molecule has 2 atom stereocenters. The minimum absolute atomic E-state index is 0.0995. The fraction of sp³-hybridized carbons (Fsp3) is 1.00. The van der Waals surface area contributed by atoms with Gasteiger partial charge in [-0.2, -0.15) is 0 Å². The van der Waals surface area contributed by atoms with Gasteiger partial charge in [0.2, 0.25) is 0 Å². The zero-order valence-corrected chi connectivity index (χ0v) is 6.28. The van der Waals surface area contributed by atoms with Gasteiger partial charge in [-0.1, -0.05) is 0 Å². The van der Waals surface area contributed by atoms with Gasteiger partial charge in [0.1, 0.15) is 0 Å². The number of rotatable bonds is 0. The number of hydrogen-bond acceptors (Lipinski definition) is 2. The molecule has 2 nitrogen and oxygen atoms in total. The molecule has 0 radical (unpaired) electrons. The van der Waals surface area contributed by atoms with E-state index in [2.05, 4.69) is 19.2 Å². The largest absolute Gasteiger partial charge is 0.314 e. The van der Waals surface area contributed by atoms with Crippen molar-refractivity contribution < 1.29 is 0 Å². The van der Waals surface area contributed by atoms with Crippen LogP contribution in [0, 0.1) is 0 Å². The molecule has 0 aromatic heterocycles. The van der Waals surface area contributed by atoms with E-state index in [0.717, 1.165) is 6.42 Å².